The lowest BCUT2D eigenvalue weighted by molar-refractivity contribution is 0.867. The van der Waals surface area contributed by atoms with Crippen LogP contribution in [0, 0.1) is 12.3 Å². The first-order valence-electron chi connectivity index (χ1n) is 3.82. The van der Waals surface area contributed by atoms with Crippen LogP contribution < -0.4 is 0 Å². The molecular formula is C9H5BrClN3. The molecule has 0 fully saturated rings. The summed E-state index contributed by atoms with van der Waals surface area (Å²) in [6.45, 7) is 0.468. The van der Waals surface area contributed by atoms with Gasteiger partial charge in [0, 0.05) is 10.7 Å². The molecule has 0 radical (unpaired) electrons. The maximum atomic E-state index is 5.93. The first-order chi connectivity index (χ1) is 6.74. The van der Waals surface area contributed by atoms with Crippen molar-refractivity contribution in [3.63, 3.8) is 0 Å². The van der Waals surface area contributed by atoms with Crippen molar-refractivity contribution in [1.82, 2.24) is 14.5 Å². The number of terminal acetylenes is 1. The Morgan fingerprint density at radius 1 is 1.57 bits per heavy atom. The van der Waals surface area contributed by atoms with Gasteiger partial charge < -0.3 is 4.57 Å². The van der Waals surface area contributed by atoms with Crippen LogP contribution in [0.25, 0.3) is 11.0 Å². The minimum absolute atomic E-state index is 0.428. The second-order valence-corrected chi connectivity index (χ2v) is 3.88. The summed E-state index contributed by atoms with van der Waals surface area (Å²) in [4.78, 5) is 8.02. The zero-order valence-corrected chi connectivity index (χ0v) is 9.38. The van der Waals surface area contributed by atoms with Gasteiger partial charge in [-0.05, 0) is 15.9 Å². The van der Waals surface area contributed by atoms with E-state index in [1.807, 2.05) is 10.8 Å². The molecule has 0 unspecified atom stereocenters. The lowest BCUT2D eigenvalue weighted by Gasteiger charge is -1.97. The molecule has 0 amide bonds. The molecular weight excluding hydrogens is 265 g/mol. The number of hydrogen-bond donors (Lipinski definition) is 0. The van der Waals surface area contributed by atoms with Crippen molar-refractivity contribution in [3.8, 4) is 12.3 Å². The fourth-order valence-corrected chi connectivity index (χ4v) is 2.22. The zero-order valence-electron chi connectivity index (χ0n) is 7.04. The Bertz CT molecular complexity index is 527. The number of rotatable bonds is 1. The van der Waals surface area contributed by atoms with Gasteiger partial charge in [0.05, 0.1) is 11.9 Å². The summed E-state index contributed by atoms with van der Waals surface area (Å²) in [7, 11) is 0. The van der Waals surface area contributed by atoms with Crippen molar-refractivity contribution < 1.29 is 0 Å². The maximum absolute atomic E-state index is 5.93. The van der Waals surface area contributed by atoms with E-state index in [2.05, 4.69) is 31.8 Å². The standard InChI is InChI=1S/C9H5BrClN3/c1-2-3-14-4-6(10)7-8(11)12-5-13-9(7)14/h1,4-5H,3H2. The quantitative estimate of drug-likeness (QED) is 0.589. The second-order valence-electron chi connectivity index (χ2n) is 2.67. The van der Waals surface area contributed by atoms with Crippen LogP contribution in [0.1, 0.15) is 0 Å². The molecule has 0 aliphatic carbocycles. The van der Waals surface area contributed by atoms with Gasteiger partial charge in [0.1, 0.15) is 17.1 Å². The molecule has 0 saturated carbocycles. The first kappa shape index (κ1) is 9.50. The van der Waals surface area contributed by atoms with Gasteiger partial charge in [-0.1, -0.05) is 17.5 Å². The van der Waals surface area contributed by atoms with E-state index < -0.39 is 0 Å². The molecule has 0 aliphatic rings. The molecule has 2 rings (SSSR count). The molecule has 0 atom stereocenters. The predicted octanol–water partition coefficient (Wildman–Crippen LogP) is 2.48. The van der Waals surface area contributed by atoms with Crippen molar-refractivity contribution in [2.75, 3.05) is 0 Å². The van der Waals surface area contributed by atoms with Gasteiger partial charge >= 0.3 is 0 Å². The van der Waals surface area contributed by atoms with Crippen LogP contribution in [0.15, 0.2) is 17.0 Å². The van der Waals surface area contributed by atoms with Crippen LogP contribution in [0.3, 0.4) is 0 Å². The lowest BCUT2D eigenvalue weighted by Crippen LogP contribution is -1.94. The monoisotopic (exact) mass is 269 g/mol. The van der Waals surface area contributed by atoms with Gasteiger partial charge in [0.25, 0.3) is 0 Å². The highest BCUT2D eigenvalue weighted by molar-refractivity contribution is 9.10. The van der Waals surface area contributed by atoms with Gasteiger partial charge in [0.15, 0.2) is 0 Å². The fourth-order valence-electron chi connectivity index (χ4n) is 1.26. The topological polar surface area (TPSA) is 30.7 Å². The van der Waals surface area contributed by atoms with E-state index in [9.17, 15) is 0 Å². The van der Waals surface area contributed by atoms with Crippen LogP contribution in [-0.2, 0) is 6.54 Å². The molecule has 2 aromatic heterocycles. The number of nitrogens with zero attached hydrogens (tertiary/aromatic N) is 3. The molecule has 2 aromatic rings. The predicted molar refractivity (Wildman–Crippen MR) is 59.1 cm³/mol. The molecule has 3 nitrogen and oxygen atoms in total. The van der Waals surface area contributed by atoms with E-state index in [-0.39, 0.29) is 0 Å². The van der Waals surface area contributed by atoms with Crippen LogP contribution in [0.5, 0.6) is 0 Å². The van der Waals surface area contributed by atoms with Crippen molar-refractivity contribution in [2.24, 2.45) is 0 Å². The number of aromatic nitrogens is 3. The van der Waals surface area contributed by atoms with Gasteiger partial charge in [-0.3, -0.25) is 0 Å². The molecule has 0 bridgehead atoms. The van der Waals surface area contributed by atoms with Gasteiger partial charge in [-0.15, -0.1) is 6.42 Å². The van der Waals surface area contributed by atoms with Crippen molar-refractivity contribution in [3.05, 3.63) is 22.1 Å². The zero-order chi connectivity index (χ0) is 10.1. The van der Waals surface area contributed by atoms with E-state index in [1.54, 1.807) is 0 Å². The molecule has 2 heterocycles. The highest BCUT2D eigenvalue weighted by atomic mass is 79.9. The van der Waals surface area contributed by atoms with E-state index >= 15 is 0 Å². The Balaban J connectivity index is 2.79. The average Bonchev–Trinajstić information content (AvgIpc) is 2.46. The Morgan fingerprint density at radius 2 is 2.36 bits per heavy atom. The van der Waals surface area contributed by atoms with Crippen molar-refractivity contribution in [1.29, 1.82) is 0 Å². The SMILES string of the molecule is C#CCn1cc(Br)c2c(Cl)ncnc21. The number of fused-ring (bicyclic) bond motifs is 1. The van der Waals surface area contributed by atoms with Crippen molar-refractivity contribution in [2.45, 2.75) is 6.54 Å². The van der Waals surface area contributed by atoms with E-state index in [4.69, 9.17) is 18.0 Å². The highest BCUT2D eigenvalue weighted by Crippen LogP contribution is 2.29. The molecule has 0 spiro atoms. The van der Waals surface area contributed by atoms with Crippen LogP contribution in [-0.4, -0.2) is 14.5 Å². The van der Waals surface area contributed by atoms with Gasteiger partial charge in [0.2, 0.25) is 0 Å². The molecule has 0 N–H and O–H groups in total. The average molecular weight is 271 g/mol. The minimum Gasteiger partial charge on any atom is -0.320 e. The van der Waals surface area contributed by atoms with Crippen molar-refractivity contribution >= 4 is 38.6 Å². The first-order valence-corrected chi connectivity index (χ1v) is 4.99. The fraction of sp³-hybridized carbons (Fsp3) is 0.111. The van der Waals surface area contributed by atoms with E-state index in [1.165, 1.54) is 6.33 Å². The summed E-state index contributed by atoms with van der Waals surface area (Å²) in [5.41, 5.74) is 0.745. The van der Waals surface area contributed by atoms with Crippen LogP contribution in [0.4, 0.5) is 0 Å². The summed E-state index contributed by atoms with van der Waals surface area (Å²) in [5.74, 6) is 2.55. The molecule has 0 saturated heterocycles. The highest BCUT2D eigenvalue weighted by Gasteiger charge is 2.10. The van der Waals surface area contributed by atoms with Crippen LogP contribution in [0.2, 0.25) is 5.15 Å². The van der Waals surface area contributed by atoms with E-state index in [0.717, 1.165) is 15.5 Å². The number of hydrogen-bond acceptors (Lipinski definition) is 2. The molecule has 0 aliphatic heterocycles. The Kier molecular flexibility index (Phi) is 2.44. The maximum Gasteiger partial charge on any atom is 0.146 e. The third-order valence-electron chi connectivity index (χ3n) is 1.82. The summed E-state index contributed by atoms with van der Waals surface area (Å²) in [6, 6.07) is 0. The molecule has 14 heavy (non-hydrogen) atoms. The third-order valence-corrected chi connectivity index (χ3v) is 2.71. The Labute approximate surface area is 94.2 Å². The largest absolute Gasteiger partial charge is 0.320 e. The smallest absolute Gasteiger partial charge is 0.146 e. The second kappa shape index (κ2) is 3.60. The molecule has 0 aromatic carbocycles. The van der Waals surface area contributed by atoms with Gasteiger partial charge in [-0.2, -0.15) is 0 Å². The Morgan fingerprint density at radius 3 is 3.07 bits per heavy atom. The van der Waals surface area contributed by atoms with E-state index in [0.29, 0.717) is 11.7 Å². The Hall–Kier alpha value is -1.05. The van der Waals surface area contributed by atoms with Crippen LogP contribution >= 0.6 is 27.5 Å². The summed E-state index contributed by atoms with van der Waals surface area (Å²) in [5, 5.41) is 1.22. The van der Waals surface area contributed by atoms with Gasteiger partial charge in [-0.25, -0.2) is 9.97 Å². The minimum atomic E-state index is 0.428. The molecule has 5 heteroatoms. The third kappa shape index (κ3) is 1.39. The normalized spacial score (nSPS) is 10.4. The number of halogens is 2. The molecule has 70 valence electrons. The summed E-state index contributed by atoms with van der Waals surface area (Å²) < 4.78 is 2.70. The lowest BCUT2D eigenvalue weighted by atomic mass is 10.4. The summed E-state index contributed by atoms with van der Waals surface area (Å²) >= 11 is 9.31. The summed E-state index contributed by atoms with van der Waals surface area (Å²) in [6.07, 6.45) is 8.51.